The molecule has 10 heteroatoms. The summed E-state index contributed by atoms with van der Waals surface area (Å²) >= 11 is 5.94. The quantitative estimate of drug-likeness (QED) is 0.610. The number of nitrogens with zero attached hydrogens (tertiary/aromatic N) is 1. The summed E-state index contributed by atoms with van der Waals surface area (Å²) in [4.78, 5) is 24.7. The number of hydrogen-bond donors (Lipinski definition) is 1. The van der Waals surface area contributed by atoms with Gasteiger partial charge in [-0.25, -0.2) is 8.42 Å². The van der Waals surface area contributed by atoms with Crippen LogP contribution >= 0.6 is 11.6 Å². The summed E-state index contributed by atoms with van der Waals surface area (Å²) in [6.07, 6.45) is 0.645. The Hall–Kier alpha value is -2.62. The van der Waals surface area contributed by atoms with Crippen molar-refractivity contribution in [2.75, 3.05) is 32.1 Å². The zero-order chi connectivity index (χ0) is 23.3. The van der Waals surface area contributed by atoms with Crippen molar-refractivity contribution in [2.24, 2.45) is 5.92 Å². The first kappa shape index (κ1) is 24.0. The second-order valence-electron chi connectivity index (χ2n) is 7.47. The molecular formula is C22H25ClN2O6S. The van der Waals surface area contributed by atoms with Gasteiger partial charge in [-0.15, -0.1) is 0 Å². The standard InChI is InChI=1S/C22H25ClN2O6S/c1-15-3-4-17(23)13-20(15)24-21(26)14-31-22(27)16-9-11-25(12-10-16)32(28,29)19-7-5-18(30-2)6-8-19/h3-8,13,16H,9-12,14H2,1-2H3,(H,24,26). The molecule has 172 valence electrons. The number of methoxy groups -OCH3 is 1. The molecule has 1 saturated heterocycles. The van der Waals surface area contributed by atoms with Crippen molar-refractivity contribution in [1.29, 1.82) is 0 Å². The summed E-state index contributed by atoms with van der Waals surface area (Å²) in [5, 5.41) is 3.15. The lowest BCUT2D eigenvalue weighted by Crippen LogP contribution is -2.40. The fourth-order valence-corrected chi connectivity index (χ4v) is 5.04. The summed E-state index contributed by atoms with van der Waals surface area (Å²) in [7, 11) is -2.14. The predicted molar refractivity (Wildman–Crippen MR) is 120 cm³/mol. The van der Waals surface area contributed by atoms with E-state index in [0.717, 1.165) is 5.56 Å². The maximum Gasteiger partial charge on any atom is 0.309 e. The van der Waals surface area contributed by atoms with E-state index >= 15 is 0 Å². The zero-order valence-electron chi connectivity index (χ0n) is 17.8. The highest BCUT2D eigenvalue weighted by Gasteiger charge is 2.33. The molecule has 0 bridgehead atoms. The molecule has 1 N–H and O–H groups in total. The Kier molecular flexibility index (Phi) is 7.76. The lowest BCUT2D eigenvalue weighted by atomic mass is 9.98. The van der Waals surface area contributed by atoms with Gasteiger partial charge < -0.3 is 14.8 Å². The van der Waals surface area contributed by atoms with Crippen LogP contribution in [0.25, 0.3) is 0 Å². The number of rotatable bonds is 7. The number of ether oxygens (including phenoxy) is 2. The minimum absolute atomic E-state index is 0.173. The van der Waals surface area contributed by atoms with Crippen molar-refractivity contribution in [1.82, 2.24) is 4.31 Å². The maximum atomic E-state index is 12.8. The van der Waals surface area contributed by atoms with Crippen LogP contribution in [0.1, 0.15) is 18.4 Å². The van der Waals surface area contributed by atoms with Crippen LogP contribution in [0.4, 0.5) is 5.69 Å². The lowest BCUT2D eigenvalue weighted by Gasteiger charge is -2.30. The topological polar surface area (TPSA) is 102 Å². The SMILES string of the molecule is COc1ccc(S(=O)(=O)N2CCC(C(=O)OCC(=O)Nc3cc(Cl)ccc3C)CC2)cc1. The number of nitrogens with one attached hydrogen (secondary N) is 1. The van der Waals surface area contributed by atoms with Gasteiger partial charge in [-0.1, -0.05) is 17.7 Å². The number of halogens is 1. The molecule has 32 heavy (non-hydrogen) atoms. The molecular weight excluding hydrogens is 456 g/mol. The number of carbonyl (C=O) groups excluding carboxylic acids is 2. The minimum atomic E-state index is -3.65. The molecule has 0 aromatic heterocycles. The van der Waals surface area contributed by atoms with E-state index in [1.165, 1.54) is 23.5 Å². The van der Waals surface area contributed by atoms with Gasteiger partial charge in [-0.2, -0.15) is 4.31 Å². The fourth-order valence-electron chi connectivity index (χ4n) is 3.40. The van der Waals surface area contributed by atoms with Gasteiger partial charge in [0.1, 0.15) is 5.75 Å². The van der Waals surface area contributed by atoms with E-state index in [4.69, 9.17) is 21.1 Å². The van der Waals surface area contributed by atoms with Crippen molar-refractivity contribution >= 4 is 39.2 Å². The van der Waals surface area contributed by atoms with Gasteiger partial charge in [0.05, 0.1) is 17.9 Å². The molecule has 1 amide bonds. The Morgan fingerprint density at radius 3 is 2.41 bits per heavy atom. The summed E-state index contributed by atoms with van der Waals surface area (Å²) in [5.41, 5.74) is 1.38. The molecule has 0 unspecified atom stereocenters. The molecule has 0 radical (unpaired) electrons. The summed E-state index contributed by atoms with van der Waals surface area (Å²) in [6, 6.07) is 11.3. The highest BCUT2D eigenvalue weighted by molar-refractivity contribution is 7.89. The summed E-state index contributed by atoms with van der Waals surface area (Å²) in [6.45, 7) is 1.80. The first-order valence-corrected chi connectivity index (χ1v) is 11.9. The molecule has 0 saturated carbocycles. The lowest BCUT2D eigenvalue weighted by molar-refractivity contribution is -0.152. The second-order valence-corrected chi connectivity index (χ2v) is 9.84. The van der Waals surface area contributed by atoms with Gasteiger partial charge in [-0.3, -0.25) is 9.59 Å². The van der Waals surface area contributed by atoms with E-state index < -0.39 is 34.4 Å². The number of amides is 1. The van der Waals surface area contributed by atoms with Gasteiger partial charge in [-0.05, 0) is 61.7 Å². The van der Waals surface area contributed by atoms with Crippen molar-refractivity contribution < 1.29 is 27.5 Å². The maximum absolute atomic E-state index is 12.8. The molecule has 0 aliphatic carbocycles. The van der Waals surface area contributed by atoms with Crippen molar-refractivity contribution in [3.63, 3.8) is 0 Å². The Balaban J connectivity index is 1.49. The highest BCUT2D eigenvalue weighted by Crippen LogP contribution is 2.26. The van der Waals surface area contributed by atoms with Gasteiger partial charge in [0, 0.05) is 23.8 Å². The number of benzene rings is 2. The Bertz CT molecular complexity index is 1080. The van der Waals surface area contributed by atoms with Gasteiger partial charge in [0.2, 0.25) is 10.0 Å². The molecule has 8 nitrogen and oxygen atoms in total. The molecule has 1 fully saturated rings. The van der Waals surface area contributed by atoms with E-state index in [1.54, 1.807) is 30.3 Å². The summed E-state index contributed by atoms with van der Waals surface area (Å²) < 4.78 is 37.2. The Morgan fingerprint density at radius 1 is 1.12 bits per heavy atom. The molecule has 0 spiro atoms. The second kappa shape index (κ2) is 10.3. The molecule has 1 aliphatic heterocycles. The van der Waals surface area contributed by atoms with Crippen LogP contribution in [0.3, 0.4) is 0 Å². The first-order chi connectivity index (χ1) is 15.2. The van der Waals surface area contributed by atoms with E-state index in [-0.39, 0.29) is 18.0 Å². The van der Waals surface area contributed by atoms with Crippen LogP contribution in [-0.2, 0) is 24.3 Å². The normalized spacial score (nSPS) is 15.2. The van der Waals surface area contributed by atoms with E-state index in [2.05, 4.69) is 5.32 Å². The Labute approximate surface area is 192 Å². The molecule has 1 heterocycles. The number of anilines is 1. The smallest absolute Gasteiger partial charge is 0.309 e. The van der Waals surface area contributed by atoms with Crippen molar-refractivity contribution in [2.45, 2.75) is 24.7 Å². The van der Waals surface area contributed by atoms with Crippen LogP contribution in [-0.4, -0.2) is 51.4 Å². The largest absolute Gasteiger partial charge is 0.497 e. The van der Waals surface area contributed by atoms with Gasteiger partial charge >= 0.3 is 5.97 Å². The van der Waals surface area contributed by atoms with Crippen LogP contribution in [0.5, 0.6) is 5.75 Å². The minimum Gasteiger partial charge on any atom is -0.497 e. The molecule has 1 aliphatic rings. The first-order valence-electron chi connectivity index (χ1n) is 10.1. The molecule has 3 rings (SSSR count). The third-order valence-electron chi connectivity index (χ3n) is 5.30. The van der Waals surface area contributed by atoms with Crippen LogP contribution in [0, 0.1) is 12.8 Å². The third kappa shape index (κ3) is 5.79. The Morgan fingerprint density at radius 2 is 1.78 bits per heavy atom. The van der Waals surface area contributed by atoms with Crippen LogP contribution in [0.2, 0.25) is 5.02 Å². The number of piperidine rings is 1. The van der Waals surface area contributed by atoms with Crippen molar-refractivity contribution in [3.05, 3.63) is 53.1 Å². The predicted octanol–water partition coefficient (Wildman–Crippen LogP) is 3.24. The number of aryl methyl sites for hydroxylation is 1. The van der Waals surface area contributed by atoms with Crippen LogP contribution < -0.4 is 10.1 Å². The number of hydrogen-bond acceptors (Lipinski definition) is 6. The molecule has 2 aromatic rings. The van der Waals surface area contributed by atoms with E-state index in [1.807, 2.05) is 6.92 Å². The van der Waals surface area contributed by atoms with Gasteiger partial charge in [0.25, 0.3) is 5.91 Å². The monoisotopic (exact) mass is 480 g/mol. The zero-order valence-corrected chi connectivity index (χ0v) is 19.4. The average molecular weight is 481 g/mol. The number of carbonyl (C=O) groups is 2. The number of esters is 1. The third-order valence-corrected chi connectivity index (χ3v) is 7.45. The van der Waals surface area contributed by atoms with Crippen molar-refractivity contribution in [3.8, 4) is 5.75 Å². The average Bonchev–Trinajstić information content (AvgIpc) is 2.80. The van der Waals surface area contributed by atoms with Crippen LogP contribution in [0.15, 0.2) is 47.4 Å². The fraction of sp³-hybridized carbons (Fsp3) is 0.364. The van der Waals surface area contributed by atoms with Gasteiger partial charge in [0.15, 0.2) is 6.61 Å². The highest BCUT2D eigenvalue weighted by atomic mass is 35.5. The van der Waals surface area contributed by atoms with E-state index in [9.17, 15) is 18.0 Å². The molecule has 2 aromatic carbocycles. The molecule has 0 atom stereocenters. The number of sulfonamides is 1. The van der Waals surface area contributed by atoms with E-state index in [0.29, 0.717) is 29.3 Å². The summed E-state index contributed by atoms with van der Waals surface area (Å²) in [5.74, 6) is -0.870.